The van der Waals surface area contributed by atoms with Crippen LogP contribution < -0.4 is 5.73 Å². The topological polar surface area (TPSA) is 55.6 Å². The third-order valence-electron chi connectivity index (χ3n) is 4.48. The monoisotopic (exact) mass is 378 g/mol. The summed E-state index contributed by atoms with van der Waals surface area (Å²) in [7, 11) is 0. The van der Waals surface area contributed by atoms with Gasteiger partial charge in [-0.05, 0) is 30.2 Å². The summed E-state index contributed by atoms with van der Waals surface area (Å²) in [5, 5.41) is 0. The lowest BCUT2D eigenvalue weighted by molar-refractivity contribution is -0.145. The molecule has 1 heterocycles. The average molecular weight is 379 g/mol. The molecule has 3 unspecified atom stereocenters. The predicted molar refractivity (Wildman–Crippen MR) is 102 cm³/mol. The van der Waals surface area contributed by atoms with Crippen molar-refractivity contribution >= 4 is 18.3 Å². The quantitative estimate of drug-likeness (QED) is 0.883. The van der Waals surface area contributed by atoms with E-state index in [9.17, 15) is 9.18 Å². The summed E-state index contributed by atoms with van der Waals surface area (Å²) in [5.74, 6) is -0.270. The van der Waals surface area contributed by atoms with Crippen molar-refractivity contribution in [3.05, 3.63) is 71.5 Å². The van der Waals surface area contributed by atoms with E-state index in [1.54, 1.807) is 17.0 Å². The lowest BCUT2D eigenvalue weighted by Crippen LogP contribution is -2.46. The highest BCUT2D eigenvalue weighted by Crippen LogP contribution is 2.26. The number of benzene rings is 2. The highest BCUT2D eigenvalue weighted by atomic mass is 35.5. The van der Waals surface area contributed by atoms with Crippen LogP contribution in [-0.2, 0) is 9.53 Å². The molecular formula is C20H24ClFN2O2. The predicted octanol–water partition coefficient (Wildman–Crippen LogP) is 3.63. The van der Waals surface area contributed by atoms with Crippen LogP contribution in [0, 0.1) is 5.82 Å². The van der Waals surface area contributed by atoms with Crippen LogP contribution in [-0.4, -0.2) is 30.0 Å². The fraction of sp³-hybridized carbons (Fsp3) is 0.350. The first-order valence-electron chi connectivity index (χ1n) is 8.52. The number of nitrogens with two attached hydrogens (primary N) is 1. The van der Waals surface area contributed by atoms with Gasteiger partial charge in [0, 0.05) is 19.0 Å². The standard InChI is InChI=1S/C20H23FN2O2.ClH/c1-14-12-23(13-19(25-14)16-7-9-17(21)10-8-16)20(24)11-18(22)15-5-3-2-4-6-15;/h2-10,14,18-19H,11-13,22H2,1H3;1H. The van der Waals surface area contributed by atoms with Gasteiger partial charge in [-0.25, -0.2) is 4.39 Å². The second-order valence-electron chi connectivity index (χ2n) is 6.51. The van der Waals surface area contributed by atoms with Crippen molar-refractivity contribution in [2.24, 2.45) is 5.73 Å². The van der Waals surface area contributed by atoms with Crippen molar-refractivity contribution in [2.45, 2.75) is 31.6 Å². The Kier molecular flexibility index (Phi) is 7.14. The summed E-state index contributed by atoms with van der Waals surface area (Å²) in [4.78, 5) is 14.5. The summed E-state index contributed by atoms with van der Waals surface area (Å²) in [6.45, 7) is 2.93. The van der Waals surface area contributed by atoms with Crippen LogP contribution in [0.3, 0.4) is 0 Å². The Balaban J connectivity index is 0.00000243. The van der Waals surface area contributed by atoms with E-state index >= 15 is 0 Å². The molecule has 2 aromatic rings. The van der Waals surface area contributed by atoms with Gasteiger partial charge in [-0.1, -0.05) is 42.5 Å². The second-order valence-corrected chi connectivity index (χ2v) is 6.51. The van der Waals surface area contributed by atoms with Gasteiger partial charge in [0.1, 0.15) is 11.9 Å². The third kappa shape index (κ3) is 5.04. The van der Waals surface area contributed by atoms with E-state index in [1.807, 2.05) is 37.3 Å². The highest BCUT2D eigenvalue weighted by Gasteiger charge is 2.30. The van der Waals surface area contributed by atoms with Crippen LogP contribution in [0.1, 0.15) is 36.6 Å². The van der Waals surface area contributed by atoms with Gasteiger partial charge in [0.15, 0.2) is 0 Å². The maximum atomic E-state index is 13.1. The van der Waals surface area contributed by atoms with Crippen molar-refractivity contribution in [3.8, 4) is 0 Å². The molecule has 0 spiro atoms. The Bertz CT molecular complexity index is 712. The molecule has 4 nitrogen and oxygen atoms in total. The van der Waals surface area contributed by atoms with Crippen LogP contribution in [0.4, 0.5) is 4.39 Å². The fourth-order valence-corrected chi connectivity index (χ4v) is 3.15. The zero-order valence-corrected chi connectivity index (χ0v) is 15.5. The minimum absolute atomic E-state index is 0. The van der Waals surface area contributed by atoms with E-state index in [0.29, 0.717) is 13.1 Å². The molecule has 1 fully saturated rings. The normalized spacial score (nSPS) is 21.0. The Morgan fingerprint density at radius 3 is 2.50 bits per heavy atom. The molecule has 1 aliphatic rings. The van der Waals surface area contributed by atoms with E-state index in [4.69, 9.17) is 10.5 Å². The van der Waals surface area contributed by atoms with Gasteiger partial charge in [-0.15, -0.1) is 12.4 Å². The minimum atomic E-state index is -0.323. The van der Waals surface area contributed by atoms with Crippen molar-refractivity contribution in [3.63, 3.8) is 0 Å². The highest BCUT2D eigenvalue weighted by molar-refractivity contribution is 5.85. The first kappa shape index (κ1) is 20.4. The molecule has 3 atom stereocenters. The number of halogens is 2. The molecule has 2 N–H and O–H groups in total. The van der Waals surface area contributed by atoms with Crippen LogP contribution in [0.2, 0.25) is 0 Å². The number of hydrogen-bond donors (Lipinski definition) is 1. The number of amides is 1. The summed E-state index contributed by atoms with van der Waals surface area (Å²) >= 11 is 0. The van der Waals surface area contributed by atoms with Crippen molar-refractivity contribution in [2.75, 3.05) is 13.1 Å². The van der Waals surface area contributed by atoms with Gasteiger partial charge >= 0.3 is 0 Å². The summed E-state index contributed by atoms with van der Waals surface area (Å²) < 4.78 is 19.1. The molecule has 3 rings (SSSR count). The summed E-state index contributed by atoms with van der Waals surface area (Å²) in [5.41, 5.74) is 8.00. The zero-order chi connectivity index (χ0) is 17.8. The number of rotatable bonds is 4. The maximum Gasteiger partial charge on any atom is 0.224 e. The molecule has 0 aliphatic carbocycles. The number of carbonyl (C=O) groups is 1. The summed E-state index contributed by atoms with van der Waals surface area (Å²) in [6, 6.07) is 15.5. The Hall–Kier alpha value is -1.95. The van der Waals surface area contributed by atoms with Gasteiger partial charge in [0.2, 0.25) is 5.91 Å². The molecule has 0 saturated carbocycles. The Morgan fingerprint density at radius 1 is 1.19 bits per heavy atom. The number of ether oxygens (including phenoxy) is 1. The van der Waals surface area contributed by atoms with Gasteiger partial charge in [0.25, 0.3) is 0 Å². The van der Waals surface area contributed by atoms with Crippen LogP contribution >= 0.6 is 12.4 Å². The maximum absolute atomic E-state index is 13.1. The van der Waals surface area contributed by atoms with Gasteiger partial charge in [-0.3, -0.25) is 4.79 Å². The first-order valence-corrected chi connectivity index (χ1v) is 8.52. The molecule has 0 bridgehead atoms. The number of nitrogens with zero attached hydrogens (tertiary/aromatic N) is 1. The Labute approximate surface area is 159 Å². The minimum Gasteiger partial charge on any atom is -0.367 e. The van der Waals surface area contributed by atoms with Crippen molar-refractivity contribution in [1.29, 1.82) is 0 Å². The largest absolute Gasteiger partial charge is 0.367 e. The van der Waals surface area contributed by atoms with Crippen LogP contribution in [0.5, 0.6) is 0 Å². The summed E-state index contributed by atoms with van der Waals surface area (Å²) in [6.07, 6.45) is -0.0747. The van der Waals surface area contributed by atoms with Crippen LogP contribution in [0.15, 0.2) is 54.6 Å². The molecule has 2 aromatic carbocycles. The van der Waals surface area contributed by atoms with E-state index < -0.39 is 0 Å². The number of carbonyl (C=O) groups excluding carboxylic acids is 1. The van der Waals surface area contributed by atoms with Gasteiger partial charge in [-0.2, -0.15) is 0 Å². The molecule has 26 heavy (non-hydrogen) atoms. The molecule has 1 amide bonds. The van der Waals surface area contributed by atoms with Crippen LogP contribution in [0.25, 0.3) is 0 Å². The molecule has 140 valence electrons. The van der Waals surface area contributed by atoms with Gasteiger partial charge in [0.05, 0.1) is 12.6 Å². The molecule has 0 radical (unpaired) electrons. The second kappa shape index (κ2) is 9.12. The lowest BCUT2D eigenvalue weighted by atomic mass is 10.0. The van der Waals surface area contributed by atoms with Gasteiger partial charge < -0.3 is 15.4 Å². The third-order valence-corrected chi connectivity index (χ3v) is 4.48. The fourth-order valence-electron chi connectivity index (χ4n) is 3.15. The number of morpholine rings is 1. The SMILES string of the molecule is CC1CN(C(=O)CC(N)c2ccccc2)CC(c2ccc(F)cc2)O1.Cl. The molecular weight excluding hydrogens is 355 g/mol. The number of hydrogen-bond acceptors (Lipinski definition) is 3. The smallest absolute Gasteiger partial charge is 0.224 e. The molecule has 1 saturated heterocycles. The first-order chi connectivity index (χ1) is 12.0. The molecule has 6 heteroatoms. The zero-order valence-electron chi connectivity index (χ0n) is 14.7. The van der Waals surface area contributed by atoms with E-state index in [1.165, 1.54) is 12.1 Å². The molecule has 0 aromatic heterocycles. The van der Waals surface area contributed by atoms with E-state index in [2.05, 4.69) is 0 Å². The Morgan fingerprint density at radius 2 is 1.85 bits per heavy atom. The molecule has 1 aliphatic heterocycles. The van der Waals surface area contributed by atoms with E-state index in [0.717, 1.165) is 11.1 Å². The lowest BCUT2D eigenvalue weighted by Gasteiger charge is -2.37. The van der Waals surface area contributed by atoms with Crippen molar-refractivity contribution in [1.82, 2.24) is 4.90 Å². The van der Waals surface area contributed by atoms with E-state index in [-0.39, 0.29) is 48.8 Å². The average Bonchev–Trinajstić information content (AvgIpc) is 2.62. The van der Waals surface area contributed by atoms with Crippen molar-refractivity contribution < 1.29 is 13.9 Å².